The highest BCUT2D eigenvalue weighted by atomic mass is 19.1. The quantitative estimate of drug-likeness (QED) is 0.855. The molecular formula is C19H21FN2O3. The first-order valence-electron chi connectivity index (χ1n) is 8.14. The van der Waals surface area contributed by atoms with E-state index in [4.69, 9.17) is 9.47 Å². The number of anilines is 1. The molecule has 1 heterocycles. The van der Waals surface area contributed by atoms with Crippen molar-refractivity contribution in [1.82, 2.24) is 4.90 Å². The Bertz CT molecular complexity index is 741. The minimum absolute atomic E-state index is 0.0682. The molecule has 1 amide bonds. The van der Waals surface area contributed by atoms with Gasteiger partial charge in [-0.25, -0.2) is 4.39 Å². The summed E-state index contributed by atoms with van der Waals surface area (Å²) in [5, 5.41) is 0. The van der Waals surface area contributed by atoms with Gasteiger partial charge in [0.15, 0.2) is 0 Å². The maximum atomic E-state index is 13.0. The number of carbonyl (C=O) groups excluding carboxylic acids is 1. The molecular weight excluding hydrogens is 323 g/mol. The third kappa shape index (κ3) is 3.68. The molecule has 0 saturated carbocycles. The van der Waals surface area contributed by atoms with E-state index in [0.717, 1.165) is 17.2 Å². The van der Waals surface area contributed by atoms with Crippen LogP contribution in [0.5, 0.6) is 11.5 Å². The highest BCUT2D eigenvalue weighted by molar-refractivity contribution is 5.94. The van der Waals surface area contributed by atoms with Gasteiger partial charge in [-0.1, -0.05) is 0 Å². The molecule has 2 aromatic rings. The van der Waals surface area contributed by atoms with Crippen molar-refractivity contribution in [1.29, 1.82) is 0 Å². The molecule has 1 fully saturated rings. The van der Waals surface area contributed by atoms with Gasteiger partial charge in [-0.05, 0) is 36.4 Å². The maximum Gasteiger partial charge on any atom is 0.253 e. The molecule has 5 nitrogen and oxygen atoms in total. The third-order valence-electron chi connectivity index (χ3n) is 4.39. The van der Waals surface area contributed by atoms with Gasteiger partial charge < -0.3 is 19.3 Å². The first kappa shape index (κ1) is 17.1. The lowest BCUT2D eigenvalue weighted by Crippen LogP contribution is -2.48. The number of halogens is 1. The molecule has 6 heteroatoms. The summed E-state index contributed by atoms with van der Waals surface area (Å²) in [7, 11) is 3.25. The average Bonchev–Trinajstić information content (AvgIpc) is 2.67. The van der Waals surface area contributed by atoms with E-state index in [9.17, 15) is 9.18 Å². The lowest BCUT2D eigenvalue weighted by molar-refractivity contribution is 0.0746. The van der Waals surface area contributed by atoms with Crippen molar-refractivity contribution >= 4 is 11.6 Å². The molecule has 0 spiro atoms. The number of amides is 1. The topological polar surface area (TPSA) is 42.0 Å². The van der Waals surface area contributed by atoms with Gasteiger partial charge in [0.1, 0.15) is 17.3 Å². The van der Waals surface area contributed by atoms with Crippen LogP contribution in [0.3, 0.4) is 0 Å². The van der Waals surface area contributed by atoms with E-state index in [0.29, 0.717) is 31.7 Å². The summed E-state index contributed by atoms with van der Waals surface area (Å²) in [5.41, 5.74) is 1.49. The van der Waals surface area contributed by atoms with Gasteiger partial charge in [0, 0.05) is 37.8 Å². The summed E-state index contributed by atoms with van der Waals surface area (Å²) in [6.45, 7) is 2.61. The fourth-order valence-corrected chi connectivity index (χ4v) is 2.97. The summed E-state index contributed by atoms with van der Waals surface area (Å²) in [4.78, 5) is 16.5. The van der Waals surface area contributed by atoms with E-state index in [-0.39, 0.29) is 11.7 Å². The Labute approximate surface area is 146 Å². The first-order valence-corrected chi connectivity index (χ1v) is 8.14. The van der Waals surface area contributed by atoms with Crippen molar-refractivity contribution in [3.8, 4) is 11.5 Å². The van der Waals surface area contributed by atoms with Gasteiger partial charge in [0.2, 0.25) is 0 Å². The fraction of sp³-hybridized carbons (Fsp3) is 0.316. The second kappa shape index (κ2) is 7.42. The van der Waals surface area contributed by atoms with E-state index in [1.807, 2.05) is 18.2 Å². The smallest absolute Gasteiger partial charge is 0.253 e. The van der Waals surface area contributed by atoms with Crippen LogP contribution in [-0.2, 0) is 0 Å². The number of methoxy groups -OCH3 is 2. The van der Waals surface area contributed by atoms with Gasteiger partial charge >= 0.3 is 0 Å². The van der Waals surface area contributed by atoms with Gasteiger partial charge in [-0.2, -0.15) is 0 Å². The van der Waals surface area contributed by atoms with Gasteiger partial charge in [0.25, 0.3) is 5.91 Å². The zero-order valence-electron chi connectivity index (χ0n) is 14.4. The molecule has 3 rings (SSSR count). The molecule has 0 N–H and O–H groups in total. The number of ether oxygens (including phenoxy) is 2. The van der Waals surface area contributed by atoms with E-state index in [1.165, 1.54) is 24.3 Å². The minimum Gasteiger partial charge on any atom is -0.497 e. The lowest BCUT2D eigenvalue weighted by atomic mass is 10.1. The second-order valence-corrected chi connectivity index (χ2v) is 5.82. The molecule has 1 aliphatic rings. The molecule has 0 aliphatic carbocycles. The van der Waals surface area contributed by atoms with Gasteiger partial charge in [0.05, 0.1) is 19.9 Å². The average molecular weight is 344 g/mol. The molecule has 132 valence electrons. The Balaban J connectivity index is 1.67. The van der Waals surface area contributed by atoms with Gasteiger partial charge in [-0.15, -0.1) is 0 Å². The Morgan fingerprint density at radius 3 is 2.24 bits per heavy atom. The summed E-state index contributed by atoms with van der Waals surface area (Å²) in [6.07, 6.45) is 0. The van der Waals surface area contributed by atoms with Crippen LogP contribution in [0.1, 0.15) is 10.4 Å². The first-order chi connectivity index (χ1) is 12.1. The number of rotatable bonds is 4. The van der Waals surface area contributed by atoms with Crippen molar-refractivity contribution in [2.24, 2.45) is 0 Å². The Hall–Kier alpha value is -2.76. The van der Waals surface area contributed by atoms with Crippen molar-refractivity contribution in [2.75, 3.05) is 45.3 Å². The molecule has 0 atom stereocenters. The summed E-state index contributed by atoms with van der Waals surface area (Å²) < 4.78 is 23.7. The van der Waals surface area contributed by atoms with E-state index >= 15 is 0 Å². The predicted molar refractivity (Wildman–Crippen MR) is 94.1 cm³/mol. The van der Waals surface area contributed by atoms with E-state index in [1.54, 1.807) is 19.1 Å². The molecule has 0 aromatic heterocycles. The molecule has 1 aliphatic heterocycles. The Morgan fingerprint density at radius 1 is 0.960 bits per heavy atom. The molecule has 25 heavy (non-hydrogen) atoms. The molecule has 0 unspecified atom stereocenters. The van der Waals surface area contributed by atoms with Crippen LogP contribution in [0, 0.1) is 5.82 Å². The van der Waals surface area contributed by atoms with Crippen LogP contribution >= 0.6 is 0 Å². The largest absolute Gasteiger partial charge is 0.497 e. The summed E-state index contributed by atoms with van der Waals surface area (Å²) in [5.74, 6) is 1.08. The monoisotopic (exact) mass is 344 g/mol. The number of hydrogen-bond donors (Lipinski definition) is 0. The summed E-state index contributed by atoms with van der Waals surface area (Å²) >= 11 is 0. The SMILES string of the molecule is COc1ccc(N2CCN(C(=O)c3ccc(F)cc3)CC2)c(OC)c1. The Kier molecular flexibility index (Phi) is 5.07. The van der Waals surface area contributed by atoms with Crippen molar-refractivity contribution in [3.05, 3.63) is 53.8 Å². The van der Waals surface area contributed by atoms with Crippen molar-refractivity contribution < 1.29 is 18.7 Å². The normalized spacial score (nSPS) is 14.4. The molecule has 2 aromatic carbocycles. The van der Waals surface area contributed by atoms with Crippen molar-refractivity contribution in [2.45, 2.75) is 0 Å². The standard InChI is InChI=1S/C19H21FN2O3/c1-24-16-7-8-17(18(13-16)25-2)21-9-11-22(12-10-21)19(23)14-3-5-15(20)6-4-14/h3-8,13H,9-12H2,1-2H3. The maximum absolute atomic E-state index is 13.0. The number of carbonyl (C=O) groups is 1. The number of piperazine rings is 1. The van der Waals surface area contributed by atoms with Crippen LogP contribution in [-0.4, -0.2) is 51.2 Å². The lowest BCUT2D eigenvalue weighted by Gasteiger charge is -2.36. The van der Waals surface area contributed by atoms with Crippen LogP contribution in [0.15, 0.2) is 42.5 Å². The highest BCUT2D eigenvalue weighted by Gasteiger charge is 2.24. The van der Waals surface area contributed by atoms with Crippen LogP contribution in [0.4, 0.5) is 10.1 Å². The Morgan fingerprint density at radius 2 is 1.64 bits per heavy atom. The van der Waals surface area contributed by atoms with Crippen LogP contribution < -0.4 is 14.4 Å². The highest BCUT2D eigenvalue weighted by Crippen LogP contribution is 2.32. The molecule has 0 radical (unpaired) electrons. The zero-order valence-corrected chi connectivity index (χ0v) is 14.4. The molecule has 1 saturated heterocycles. The molecule has 0 bridgehead atoms. The number of benzene rings is 2. The number of nitrogens with zero attached hydrogens (tertiary/aromatic N) is 2. The number of hydrogen-bond acceptors (Lipinski definition) is 4. The third-order valence-corrected chi connectivity index (χ3v) is 4.39. The van der Waals surface area contributed by atoms with Gasteiger partial charge in [-0.3, -0.25) is 4.79 Å². The van der Waals surface area contributed by atoms with E-state index in [2.05, 4.69) is 4.90 Å². The van der Waals surface area contributed by atoms with Crippen molar-refractivity contribution in [3.63, 3.8) is 0 Å². The minimum atomic E-state index is -0.340. The van der Waals surface area contributed by atoms with E-state index < -0.39 is 0 Å². The zero-order chi connectivity index (χ0) is 17.8. The predicted octanol–water partition coefficient (Wildman–Crippen LogP) is 2.81. The summed E-state index contributed by atoms with van der Waals surface area (Å²) in [6, 6.07) is 11.4. The fourth-order valence-electron chi connectivity index (χ4n) is 2.97. The second-order valence-electron chi connectivity index (χ2n) is 5.82. The van der Waals surface area contributed by atoms with Crippen LogP contribution in [0.2, 0.25) is 0 Å². The van der Waals surface area contributed by atoms with Crippen LogP contribution in [0.25, 0.3) is 0 Å².